The summed E-state index contributed by atoms with van der Waals surface area (Å²) in [5, 5.41) is 3.40. The van der Waals surface area contributed by atoms with Crippen molar-refractivity contribution in [3.63, 3.8) is 0 Å². The quantitative estimate of drug-likeness (QED) is 0.761. The number of aromatic amines is 1. The van der Waals surface area contributed by atoms with E-state index in [1.54, 1.807) is 0 Å². The molecular formula is C19H24F2N3S+. The van der Waals surface area contributed by atoms with E-state index in [-0.39, 0.29) is 6.04 Å². The van der Waals surface area contributed by atoms with E-state index in [9.17, 15) is 8.78 Å². The SMILES string of the molecule is CC(C)CCN(C(=S)Nc1cc(F)cc(F)c1)C(C)c1cccc[nH+]1. The molecule has 0 aliphatic carbocycles. The molecular weight excluding hydrogens is 340 g/mol. The fourth-order valence-electron chi connectivity index (χ4n) is 2.52. The number of hydrogen-bond acceptors (Lipinski definition) is 1. The maximum Gasteiger partial charge on any atom is 0.202 e. The van der Waals surface area contributed by atoms with Crippen molar-refractivity contribution in [2.45, 2.75) is 33.2 Å². The van der Waals surface area contributed by atoms with E-state index < -0.39 is 11.6 Å². The van der Waals surface area contributed by atoms with Gasteiger partial charge in [-0.2, -0.15) is 0 Å². The molecule has 3 nitrogen and oxygen atoms in total. The van der Waals surface area contributed by atoms with Crippen LogP contribution in [0.5, 0.6) is 0 Å². The number of pyridine rings is 1. The van der Waals surface area contributed by atoms with Crippen LogP contribution in [0.25, 0.3) is 0 Å². The number of nitrogens with zero attached hydrogens (tertiary/aromatic N) is 1. The summed E-state index contributed by atoms with van der Waals surface area (Å²) in [6, 6.07) is 9.18. The van der Waals surface area contributed by atoms with Crippen LogP contribution in [0.3, 0.4) is 0 Å². The molecule has 0 amide bonds. The van der Waals surface area contributed by atoms with Gasteiger partial charge in [0, 0.05) is 30.4 Å². The van der Waals surface area contributed by atoms with Gasteiger partial charge >= 0.3 is 0 Å². The van der Waals surface area contributed by atoms with Crippen LogP contribution in [-0.2, 0) is 0 Å². The van der Waals surface area contributed by atoms with E-state index in [2.05, 4.69) is 24.1 Å². The van der Waals surface area contributed by atoms with E-state index in [1.165, 1.54) is 12.1 Å². The summed E-state index contributed by atoms with van der Waals surface area (Å²) in [4.78, 5) is 5.26. The Bertz CT molecular complexity index is 687. The molecule has 134 valence electrons. The highest BCUT2D eigenvalue weighted by Gasteiger charge is 2.23. The first kappa shape index (κ1) is 19.2. The lowest BCUT2D eigenvalue weighted by molar-refractivity contribution is -0.395. The molecule has 0 radical (unpaired) electrons. The van der Waals surface area contributed by atoms with Crippen molar-refractivity contribution in [2.75, 3.05) is 11.9 Å². The lowest BCUT2D eigenvalue weighted by Crippen LogP contribution is -2.39. The zero-order valence-electron chi connectivity index (χ0n) is 14.7. The van der Waals surface area contributed by atoms with Gasteiger partial charge in [0.15, 0.2) is 11.3 Å². The van der Waals surface area contributed by atoms with Crippen molar-refractivity contribution in [1.29, 1.82) is 0 Å². The van der Waals surface area contributed by atoms with Crippen molar-refractivity contribution in [2.24, 2.45) is 5.92 Å². The standard InChI is InChI=1S/C19H23F2N3S/c1-13(2)7-9-24(14(3)18-6-4-5-8-22-18)19(25)23-17-11-15(20)10-16(21)12-17/h4-6,8,10-14H,7,9H2,1-3H3,(H,23,25)/p+1. The number of nitrogens with one attached hydrogen (secondary N) is 2. The predicted molar refractivity (Wildman–Crippen MR) is 100 cm³/mol. The second-order valence-corrected chi connectivity index (χ2v) is 6.84. The summed E-state index contributed by atoms with van der Waals surface area (Å²) in [6.45, 7) is 7.09. The Labute approximate surface area is 153 Å². The smallest absolute Gasteiger partial charge is 0.202 e. The van der Waals surface area contributed by atoms with Crippen LogP contribution >= 0.6 is 12.2 Å². The Balaban J connectivity index is 2.19. The summed E-state index contributed by atoms with van der Waals surface area (Å²) >= 11 is 5.53. The van der Waals surface area contributed by atoms with Crippen molar-refractivity contribution in [1.82, 2.24) is 4.90 Å². The molecule has 1 unspecified atom stereocenters. The first-order chi connectivity index (χ1) is 11.9. The molecule has 0 saturated carbocycles. The monoisotopic (exact) mass is 364 g/mol. The Morgan fingerprint density at radius 3 is 2.40 bits per heavy atom. The van der Waals surface area contributed by atoms with E-state index in [4.69, 9.17) is 12.2 Å². The molecule has 0 aliphatic heterocycles. The van der Waals surface area contributed by atoms with Gasteiger partial charge in [-0.25, -0.2) is 13.8 Å². The lowest BCUT2D eigenvalue weighted by Gasteiger charge is -2.30. The molecule has 25 heavy (non-hydrogen) atoms. The molecule has 2 aromatic rings. The third-order valence-electron chi connectivity index (χ3n) is 3.97. The number of anilines is 1. The van der Waals surface area contributed by atoms with Crippen LogP contribution in [0.15, 0.2) is 42.6 Å². The summed E-state index contributed by atoms with van der Waals surface area (Å²) in [5.74, 6) is -0.754. The maximum absolute atomic E-state index is 13.4. The normalized spacial score (nSPS) is 12.1. The van der Waals surface area contributed by atoms with E-state index in [1.807, 2.05) is 36.2 Å². The first-order valence-electron chi connectivity index (χ1n) is 8.37. The Morgan fingerprint density at radius 2 is 1.84 bits per heavy atom. The molecule has 1 aromatic heterocycles. The minimum Gasteiger partial charge on any atom is -0.336 e. The summed E-state index contributed by atoms with van der Waals surface area (Å²) in [6.07, 6.45) is 2.82. The van der Waals surface area contributed by atoms with Gasteiger partial charge < -0.3 is 10.2 Å². The summed E-state index contributed by atoms with van der Waals surface area (Å²) in [5.41, 5.74) is 1.32. The van der Waals surface area contributed by atoms with Crippen LogP contribution < -0.4 is 10.3 Å². The number of thiocarbonyl (C=S) groups is 1. The zero-order valence-corrected chi connectivity index (χ0v) is 15.5. The predicted octanol–water partition coefficient (Wildman–Crippen LogP) is 4.59. The largest absolute Gasteiger partial charge is 0.336 e. The Hall–Kier alpha value is -2.08. The Kier molecular flexibility index (Phi) is 6.82. The second kappa shape index (κ2) is 8.85. The van der Waals surface area contributed by atoms with Gasteiger partial charge in [-0.1, -0.05) is 19.9 Å². The number of benzene rings is 1. The molecule has 0 saturated heterocycles. The summed E-state index contributed by atoms with van der Waals surface area (Å²) < 4.78 is 26.8. The van der Waals surface area contributed by atoms with Crippen LogP contribution in [0.2, 0.25) is 0 Å². The van der Waals surface area contributed by atoms with Crippen molar-refractivity contribution in [3.8, 4) is 0 Å². The maximum atomic E-state index is 13.4. The van der Waals surface area contributed by atoms with Gasteiger partial charge in [-0.05, 0) is 43.6 Å². The van der Waals surface area contributed by atoms with E-state index in [0.717, 1.165) is 24.7 Å². The number of rotatable bonds is 6. The minimum atomic E-state index is -0.636. The molecule has 2 N–H and O–H groups in total. The van der Waals surface area contributed by atoms with Crippen LogP contribution in [-0.4, -0.2) is 16.6 Å². The fourth-order valence-corrected chi connectivity index (χ4v) is 2.89. The second-order valence-electron chi connectivity index (χ2n) is 6.46. The molecule has 1 heterocycles. The molecule has 0 spiro atoms. The zero-order chi connectivity index (χ0) is 18.4. The van der Waals surface area contributed by atoms with Crippen molar-refractivity contribution >= 4 is 23.0 Å². The van der Waals surface area contributed by atoms with Crippen molar-refractivity contribution in [3.05, 3.63) is 59.9 Å². The molecule has 0 fully saturated rings. The average molecular weight is 364 g/mol. The van der Waals surface area contributed by atoms with Gasteiger partial charge in [0.05, 0.1) is 0 Å². The Morgan fingerprint density at radius 1 is 1.16 bits per heavy atom. The number of H-pyrrole nitrogens is 1. The van der Waals surface area contributed by atoms with E-state index in [0.29, 0.717) is 16.7 Å². The number of aromatic nitrogens is 1. The highest BCUT2D eigenvalue weighted by Crippen LogP contribution is 2.21. The van der Waals surface area contributed by atoms with Gasteiger partial charge in [-0.3, -0.25) is 0 Å². The molecule has 0 aliphatic rings. The number of halogens is 2. The first-order valence-corrected chi connectivity index (χ1v) is 8.78. The topological polar surface area (TPSA) is 29.4 Å². The van der Waals surface area contributed by atoms with Crippen molar-refractivity contribution < 1.29 is 13.8 Å². The molecule has 1 aromatic carbocycles. The summed E-state index contributed by atoms with van der Waals surface area (Å²) in [7, 11) is 0. The molecule has 2 rings (SSSR count). The lowest BCUT2D eigenvalue weighted by atomic mass is 10.1. The third kappa shape index (κ3) is 5.74. The van der Waals surface area contributed by atoms with Crippen LogP contribution in [0.1, 0.15) is 38.9 Å². The highest BCUT2D eigenvalue weighted by molar-refractivity contribution is 7.80. The van der Waals surface area contributed by atoms with Gasteiger partial charge in [0.25, 0.3) is 0 Å². The third-order valence-corrected chi connectivity index (χ3v) is 4.31. The highest BCUT2D eigenvalue weighted by atomic mass is 32.1. The van der Waals surface area contributed by atoms with E-state index >= 15 is 0 Å². The van der Waals surface area contributed by atoms with Gasteiger partial charge in [0.2, 0.25) is 5.69 Å². The molecule has 0 bridgehead atoms. The molecule has 1 atom stereocenters. The molecule has 6 heteroatoms. The van der Waals surface area contributed by atoms with Gasteiger partial charge in [0.1, 0.15) is 17.7 Å². The number of hydrogen-bond donors (Lipinski definition) is 1. The van der Waals surface area contributed by atoms with Crippen LogP contribution in [0.4, 0.5) is 14.5 Å². The fraction of sp³-hybridized carbons (Fsp3) is 0.368. The average Bonchev–Trinajstić information content (AvgIpc) is 2.54. The van der Waals surface area contributed by atoms with Gasteiger partial charge in [-0.15, -0.1) is 0 Å². The van der Waals surface area contributed by atoms with Crippen LogP contribution in [0, 0.1) is 17.6 Å². The minimum absolute atomic E-state index is 0.00152.